The first-order valence-corrected chi connectivity index (χ1v) is 16.2. The number of nitrogens with zero attached hydrogens (tertiary/aromatic N) is 5. The number of anilines is 1. The fourth-order valence-corrected chi connectivity index (χ4v) is 6.70. The Balaban J connectivity index is 1.42. The standard InChI is InChI=1S/C37H27N5O12/c1-19-28(32(40-31(19)30(20(2)43)33(40)44)36(47)53-34(45)21-7-12-24(13-8-21)41(49)50)18-39(29-16-11-23(17-38)26-5-3-4-6-27(26)29)37(48)54-35(46)22-9-14-25(15-10-22)42(51)52/h3-16,19-20,30-31,43H,18H2,1-2H3/t19-,20+,30+,31+/m0/s1. The molecule has 4 aromatic carbocycles. The van der Waals surface area contributed by atoms with E-state index in [2.05, 4.69) is 6.07 Å². The summed E-state index contributed by atoms with van der Waals surface area (Å²) >= 11 is 0. The summed E-state index contributed by atoms with van der Waals surface area (Å²) in [5, 5.41) is 43.2. The lowest BCUT2D eigenvalue weighted by atomic mass is 9.77. The monoisotopic (exact) mass is 733 g/mol. The van der Waals surface area contributed by atoms with Gasteiger partial charge in [0.15, 0.2) is 0 Å². The van der Waals surface area contributed by atoms with E-state index in [0.717, 1.165) is 58.3 Å². The van der Waals surface area contributed by atoms with Gasteiger partial charge < -0.3 is 19.5 Å². The van der Waals surface area contributed by atoms with Crippen LogP contribution in [0.5, 0.6) is 0 Å². The van der Waals surface area contributed by atoms with Gasteiger partial charge in [-0.15, -0.1) is 0 Å². The number of amides is 2. The van der Waals surface area contributed by atoms with E-state index in [1.807, 2.05) is 0 Å². The highest BCUT2D eigenvalue weighted by Crippen LogP contribution is 2.48. The molecule has 1 N–H and O–H groups in total. The molecule has 2 heterocycles. The number of nitro benzene ring substituents is 2. The maximum atomic E-state index is 14.1. The minimum absolute atomic E-state index is 0.0891. The zero-order valence-corrected chi connectivity index (χ0v) is 28.3. The molecule has 17 heteroatoms. The highest BCUT2D eigenvalue weighted by Gasteiger charge is 2.60. The third kappa shape index (κ3) is 6.48. The number of carbonyl (C=O) groups is 5. The molecular weight excluding hydrogens is 706 g/mol. The van der Waals surface area contributed by atoms with Crippen LogP contribution in [0.2, 0.25) is 0 Å². The van der Waals surface area contributed by atoms with Gasteiger partial charge in [-0.05, 0) is 48.9 Å². The Hall–Kier alpha value is -7.32. The average molecular weight is 734 g/mol. The van der Waals surface area contributed by atoms with Crippen molar-refractivity contribution in [2.45, 2.75) is 26.0 Å². The summed E-state index contributed by atoms with van der Waals surface area (Å²) in [4.78, 5) is 90.5. The highest BCUT2D eigenvalue weighted by molar-refractivity contribution is 6.09. The summed E-state index contributed by atoms with van der Waals surface area (Å²) in [6.07, 6.45) is -2.42. The molecule has 17 nitrogen and oxygen atoms in total. The number of aliphatic hydroxyl groups excluding tert-OH is 1. The molecule has 2 aliphatic heterocycles. The second-order valence-electron chi connectivity index (χ2n) is 12.4. The van der Waals surface area contributed by atoms with Crippen molar-refractivity contribution in [1.82, 2.24) is 4.90 Å². The molecule has 6 rings (SSSR count). The number of fused-ring (bicyclic) bond motifs is 2. The third-order valence-corrected chi connectivity index (χ3v) is 9.36. The summed E-state index contributed by atoms with van der Waals surface area (Å²) in [6.45, 7) is 2.50. The van der Waals surface area contributed by atoms with E-state index >= 15 is 0 Å². The molecule has 54 heavy (non-hydrogen) atoms. The quantitative estimate of drug-likeness (QED) is 0.0800. The molecule has 0 aromatic heterocycles. The van der Waals surface area contributed by atoms with Crippen molar-refractivity contribution in [3.8, 4) is 6.07 Å². The molecule has 2 amide bonds. The van der Waals surface area contributed by atoms with E-state index in [1.165, 1.54) is 19.1 Å². The molecule has 0 bridgehead atoms. The summed E-state index contributed by atoms with van der Waals surface area (Å²) in [5.41, 5.74) is -0.986. The molecule has 272 valence electrons. The summed E-state index contributed by atoms with van der Waals surface area (Å²) in [6, 6.07) is 19.2. The molecule has 4 atom stereocenters. The van der Waals surface area contributed by atoms with Gasteiger partial charge in [-0.25, -0.2) is 19.2 Å². The summed E-state index contributed by atoms with van der Waals surface area (Å²) in [5.74, 6) is -6.03. The van der Waals surface area contributed by atoms with Crippen molar-refractivity contribution >= 4 is 57.7 Å². The Labute approximate surface area is 304 Å². The first-order chi connectivity index (χ1) is 25.7. The lowest BCUT2D eigenvalue weighted by molar-refractivity contribution is -0.385. The van der Waals surface area contributed by atoms with Gasteiger partial charge >= 0.3 is 24.0 Å². The molecule has 0 unspecified atom stereocenters. The average Bonchev–Trinajstić information content (AvgIpc) is 3.40. The minimum atomic E-state index is -1.29. The molecule has 2 aliphatic rings. The van der Waals surface area contributed by atoms with Crippen LogP contribution in [-0.4, -0.2) is 68.5 Å². The Morgan fingerprint density at radius 2 is 1.39 bits per heavy atom. The molecule has 0 saturated carbocycles. The fraction of sp³-hybridized carbons (Fsp3) is 0.189. The van der Waals surface area contributed by atoms with Gasteiger partial charge in [-0.1, -0.05) is 31.2 Å². The van der Waals surface area contributed by atoms with Crippen molar-refractivity contribution in [3.05, 3.63) is 133 Å². The van der Waals surface area contributed by atoms with Crippen LogP contribution in [0.1, 0.15) is 40.1 Å². The van der Waals surface area contributed by atoms with Gasteiger partial charge in [0.1, 0.15) is 5.70 Å². The van der Waals surface area contributed by atoms with Gasteiger partial charge in [0, 0.05) is 41.0 Å². The topological polar surface area (TPSA) is 241 Å². The molecule has 0 aliphatic carbocycles. The number of hydrogen-bond acceptors (Lipinski definition) is 13. The van der Waals surface area contributed by atoms with Gasteiger partial charge in [0.05, 0.1) is 62.9 Å². The van der Waals surface area contributed by atoms with E-state index in [4.69, 9.17) is 9.47 Å². The minimum Gasteiger partial charge on any atom is -0.393 e. The predicted octanol–water partition coefficient (Wildman–Crippen LogP) is 4.81. The van der Waals surface area contributed by atoms with E-state index in [-0.39, 0.29) is 39.3 Å². The van der Waals surface area contributed by atoms with Crippen LogP contribution >= 0.6 is 0 Å². The lowest BCUT2D eigenvalue weighted by Gasteiger charge is -2.46. The Morgan fingerprint density at radius 1 is 0.852 bits per heavy atom. The number of nitro groups is 2. The molecular formula is C37H27N5O12. The molecule has 0 radical (unpaired) electrons. The lowest BCUT2D eigenvalue weighted by Crippen LogP contribution is -2.63. The third-order valence-electron chi connectivity index (χ3n) is 9.36. The smallest absolute Gasteiger partial charge is 0.393 e. The van der Waals surface area contributed by atoms with E-state index in [1.54, 1.807) is 31.2 Å². The van der Waals surface area contributed by atoms with E-state index in [9.17, 15) is 54.6 Å². The van der Waals surface area contributed by atoms with Crippen LogP contribution in [0, 0.1) is 43.4 Å². The van der Waals surface area contributed by atoms with Crippen LogP contribution < -0.4 is 4.90 Å². The van der Waals surface area contributed by atoms with Crippen molar-refractivity contribution in [3.63, 3.8) is 0 Å². The highest BCUT2D eigenvalue weighted by atomic mass is 16.6. The normalized spacial score (nSPS) is 17.9. The van der Waals surface area contributed by atoms with Gasteiger partial charge in [0.2, 0.25) is 5.91 Å². The number of carbonyl (C=O) groups excluding carboxylic acids is 5. The van der Waals surface area contributed by atoms with Crippen molar-refractivity contribution in [1.29, 1.82) is 5.26 Å². The first-order valence-electron chi connectivity index (χ1n) is 16.2. The predicted molar refractivity (Wildman–Crippen MR) is 185 cm³/mol. The Bertz CT molecular complexity index is 2350. The number of benzene rings is 4. The van der Waals surface area contributed by atoms with E-state index in [0.29, 0.717) is 10.8 Å². The van der Waals surface area contributed by atoms with E-state index < -0.39 is 76.0 Å². The van der Waals surface area contributed by atoms with Crippen LogP contribution in [0.3, 0.4) is 0 Å². The number of ether oxygens (including phenoxy) is 2. The first kappa shape index (κ1) is 36.5. The number of aliphatic hydroxyl groups is 1. The second kappa shape index (κ2) is 14.4. The molecule has 0 spiro atoms. The largest absolute Gasteiger partial charge is 0.422 e. The second-order valence-corrected chi connectivity index (χ2v) is 12.4. The van der Waals surface area contributed by atoms with Crippen LogP contribution in [0.25, 0.3) is 10.8 Å². The summed E-state index contributed by atoms with van der Waals surface area (Å²) in [7, 11) is 0. The molecule has 1 saturated heterocycles. The van der Waals surface area contributed by atoms with Crippen molar-refractivity contribution in [2.24, 2.45) is 11.8 Å². The van der Waals surface area contributed by atoms with Crippen LogP contribution in [-0.2, 0) is 19.1 Å². The van der Waals surface area contributed by atoms with Crippen molar-refractivity contribution in [2.75, 3.05) is 11.4 Å². The van der Waals surface area contributed by atoms with Crippen molar-refractivity contribution < 1.29 is 48.4 Å². The van der Waals surface area contributed by atoms with Crippen LogP contribution in [0.4, 0.5) is 21.9 Å². The van der Waals surface area contributed by atoms with Gasteiger partial charge in [-0.2, -0.15) is 5.26 Å². The van der Waals surface area contributed by atoms with Crippen LogP contribution in [0.15, 0.2) is 96.2 Å². The SMILES string of the molecule is C[C@@H](O)[C@H]1C(=O)N2C(C(=O)OC(=O)c3ccc([N+](=O)[O-])cc3)=C(CN(C(=O)OC(=O)c3ccc([N+](=O)[O-])cc3)c3ccc(C#N)c4ccccc34)[C@H](C)[C@H]12. The summed E-state index contributed by atoms with van der Waals surface area (Å²) < 4.78 is 10.4. The molecule has 4 aromatic rings. The zero-order valence-electron chi connectivity index (χ0n) is 28.3. The number of esters is 3. The van der Waals surface area contributed by atoms with Gasteiger partial charge in [0.25, 0.3) is 11.4 Å². The maximum Gasteiger partial charge on any atom is 0.422 e. The molecule has 1 fully saturated rings. The number of β-lactam (4-membered cyclic amide) rings is 1. The fourth-order valence-electron chi connectivity index (χ4n) is 6.70. The number of non-ortho nitro benzene ring substituents is 2. The Kier molecular flexibility index (Phi) is 9.70. The zero-order chi connectivity index (χ0) is 39.0. The number of nitriles is 1. The number of rotatable bonds is 9. The maximum absolute atomic E-state index is 14.1. The van der Waals surface area contributed by atoms with Gasteiger partial charge in [-0.3, -0.25) is 29.9 Å². The Morgan fingerprint density at radius 3 is 1.91 bits per heavy atom. The number of hydrogen-bond donors (Lipinski definition) is 1.